The third-order valence-electron chi connectivity index (χ3n) is 6.77. The van der Waals surface area contributed by atoms with E-state index in [0.717, 1.165) is 19.3 Å². The molecule has 1 aliphatic carbocycles. The fourth-order valence-electron chi connectivity index (χ4n) is 5.18. The van der Waals surface area contributed by atoms with Gasteiger partial charge in [0.05, 0.1) is 12.6 Å². The highest BCUT2D eigenvalue weighted by Crippen LogP contribution is 2.29. The van der Waals surface area contributed by atoms with Crippen molar-refractivity contribution in [3.63, 3.8) is 0 Å². The second-order valence-corrected chi connectivity index (χ2v) is 8.88. The summed E-state index contributed by atoms with van der Waals surface area (Å²) >= 11 is 0. The molecule has 30 heavy (non-hydrogen) atoms. The number of hydrogen-bond acceptors (Lipinski definition) is 6. The molecular weight excluding hydrogens is 386 g/mol. The van der Waals surface area contributed by atoms with Gasteiger partial charge >= 0.3 is 11.9 Å². The second-order valence-electron chi connectivity index (χ2n) is 8.88. The van der Waals surface area contributed by atoms with Gasteiger partial charge < -0.3 is 9.84 Å². The lowest BCUT2D eigenvalue weighted by Crippen LogP contribution is -2.61. The predicted molar refractivity (Wildman–Crippen MR) is 111 cm³/mol. The van der Waals surface area contributed by atoms with E-state index in [1.165, 1.54) is 37.1 Å². The van der Waals surface area contributed by atoms with Crippen LogP contribution in [-0.4, -0.2) is 70.8 Å². The van der Waals surface area contributed by atoms with Gasteiger partial charge in [-0.15, -0.1) is 0 Å². The molecule has 2 saturated heterocycles. The lowest BCUT2D eigenvalue weighted by molar-refractivity contribution is -0.174. The summed E-state index contributed by atoms with van der Waals surface area (Å²) < 4.78 is 5.29. The first-order valence-corrected chi connectivity index (χ1v) is 11.7. The van der Waals surface area contributed by atoms with Crippen LogP contribution in [0.5, 0.6) is 0 Å². The fraction of sp³-hybridized carbons (Fsp3) is 0.864. The Balaban J connectivity index is 1.68. The summed E-state index contributed by atoms with van der Waals surface area (Å²) in [5.74, 6) is -0.869. The SMILES string of the molecule is CCOC(=O)C(CCC1CCCCC1)NC1CCCN2CCCC(C(=O)O)N2C1=O. The topological polar surface area (TPSA) is 99.2 Å². The highest BCUT2D eigenvalue weighted by molar-refractivity contribution is 5.87. The highest BCUT2D eigenvalue weighted by Gasteiger charge is 2.42. The number of nitrogens with one attached hydrogen (secondary N) is 1. The van der Waals surface area contributed by atoms with Gasteiger partial charge in [0.25, 0.3) is 5.91 Å². The lowest BCUT2D eigenvalue weighted by Gasteiger charge is -2.42. The van der Waals surface area contributed by atoms with Crippen LogP contribution in [0.1, 0.15) is 77.6 Å². The van der Waals surface area contributed by atoms with Crippen molar-refractivity contribution in [2.24, 2.45) is 5.92 Å². The van der Waals surface area contributed by atoms with Crippen molar-refractivity contribution in [3.8, 4) is 0 Å². The Morgan fingerprint density at radius 1 is 1.10 bits per heavy atom. The number of ether oxygens (including phenoxy) is 1. The number of carbonyl (C=O) groups excluding carboxylic acids is 2. The Morgan fingerprint density at radius 2 is 1.80 bits per heavy atom. The molecule has 2 aliphatic heterocycles. The van der Waals surface area contributed by atoms with E-state index < -0.39 is 24.1 Å². The molecule has 3 atom stereocenters. The van der Waals surface area contributed by atoms with Crippen LogP contribution in [0.4, 0.5) is 0 Å². The maximum absolute atomic E-state index is 13.3. The summed E-state index contributed by atoms with van der Waals surface area (Å²) in [4.78, 5) is 37.7. The van der Waals surface area contributed by atoms with Gasteiger partial charge in [0.1, 0.15) is 12.1 Å². The maximum Gasteiger partial charge on any atom is 0.328 e. The van der Waals surface area contributed by atoms with Crippen molar-refractivity contribution in [2.45, 2.75) is 95.7 Å². The van der Waals surface area contributed by atoms with Crippen LogP contribution < -0.4 is 5.32 Å². The smallest absolute Gasteiger partial charge is 0.328 e. The Bertz CT molecular complexity index is 608. The molecule has 3 aliphatic rings. The lowest BCUT2D eigenvalue weighted by atomic mass is 9.85. The molecule has 0 aromatic carbocycles. The van der Waals surface area contributed by atoms with Crippen LogP contribution in [0.15, 0.2) is 0 Å². The molecule has 2 heterocycles. The molecule has 1 amide bonds. The van der Waals surface area contributed by atoms with Gasteiger partial charge in [-0.3, -0.25) is 19.9 Å². The Morgan fingerprint density at radius 3 is 2.47 bits per heavy atom. The molecule has 3 fully saturated rings. The number of amides is 1. The third-order valence-corrected chi connectivity index (χ3v) is 6.77. The van der Waals surface area contributed by atoms with Gasteiger partial charge in [0.15, 0.2) is 0 Å². The molecule has 0 bridgehead atoms. The van der Waals surface area contributed by atoms with Gasteiger partial charge in [-0.05, 0) is 51.4 Å². The number of aliphatic carboxylic acids is 1. The van der Waals surface area contributed by atoms with Gasteiger partial charge in [-0.2, -0.15) is 0 Å². The predicted octanol–water partition coefficient (Wildman–Crippen LogP) is 2.32. The van der Waals surface area contributed by atoms with Crippen LogP contribution in [0.25, 0.3) is 0 Å². The minimum atomic E-state index is -0.965. The average molecular weight is 424 g/mol. The van der Waals surface area contributed by atoms with Crippen LogP contribution in [0.3, 0.4) is 0 Å². The van der Waals surface area contributed by atoms with E-state index in [9.17, 15) is 19.5 Å². The molecule has 3 rings (SSSR count). The molecule has 0 spiro atoms. The van der Waals surface area contributed by atoms with Crippen molar-refractivity contribution in [1.82, 2.24) is 15.3 Å². The molecule has 0 radical (unpaired) electrons. The van der Waals surface area contributed by atoms with E-state index in [1.807, 2.05) is 5.01 Å². The van der Waals surface area contributed by atoms with Crippen molar-refractivity contribution < 1.29 is 24.2 Å². The van der Waals surface area contributed by atoms with E-state index in [2.05, 4.69) is 5.32 Å². The summed E-state index contributed by atoms with van der Waals surface area (Å²) in [6, 6.07) is -1.91. The number of nitrogens with zero attached hydrogens (tertiary/aromatic N) is 2. The number of rotatable bonds is 8. The largest absolute Gasteiger partial charge is 0.480 e. The minimum Gasteiger partial charge on any atom is -0.480 e. The van der Waals surface area contributed by atoms with Gasteiger partial charge in [0, 0.05) is 13.1 Å². The molecule has 8 heteroatoms. The number of fused-ring (bicyclic) bond motifs is 1. The summed E-state index contributed by atoms with van der Waals surface area (Å²) in [5.41, 5.74) is 0. The molecule has 0 aromatic rings. The fourth-order valence-corrected chi connectivity index (χ4v) is 5.18. The Kier molecular flexibility index (Phi) is 8.50. The van der Waals surface area contributed by atoms with Gasteiger partial charge in [-0.25, -0.2) is 9.80 Å². The standard InChI is InChI=1S/C22H37N3O5/c1-2-30-22(29)18(13-12-16-8-4-3-5-9-16)23-17-10-6-14-24-15-7-11-19(21(27)28)25(24)20(17)26/h16-19,23H,2-15H2,1H3,(H,27,28). The number of hydrazine groups is 1. The summed E-state index contributed by atoms with van der Waals surface area (Å²) in [7, 11) is 0. The number of carbonyl (C=O) groups is 3. The normalized spacial score (nSPS) is 27.2. The highest BCUT2D eigenvalue weighted by atomic mass is 16.5. The van der Waals surface area contributed by atoms with Gasteiger partial charge in [-0.1, -0.05) is 32.1 Å². The maximum atomic E-state index is 13.3. The average Bonchev–Trinajstić information content (AvgIpc) is 2.90. The second kappa shape index (κ2) is 11.1. The first-order chi connectivity index (χ1) is 14.5. The van der Waals surface area contributed by atoms with E-state index in [-0.39, 0.29) is 11.9 Å². The van der Waals surface area contributed by atoms with E-state index in [1.54, 1.807) is 6.92 Å². The number of hydrogen-bond donors (Lipinski definition) is 2. The summed E-state index contributed by atoms with van der Waals surface area (Å²) in [6.07, 6.45) is 10.4. The first-order valence-electron chi connectivity index (χ1n) is 11.7. The molecule has 170 valence electrons. The molecule has 2 N–H and O–H groups in total. The van der Waals surface area contributed by atoms with Crippen LogP contribution in [-0.2, 0) is 19.1 Å². The number of esters is 1. The van der Waals surface area contributed by atoms with Crippen molar-refractivity contribution in [1.29, 1.82) is 0 Å². The van der Waals surface area contributed by atoms with Crippen molar-refractivity contribution >= 4 is 17.8 Å². The van der Waals surface area contributed by atoms with Crippen LogP contribution >= 0.6 is 0 Å². The monoisotopic (exact) mass is 423 g/mol. The van der Waals surface area contributed by atoms with E-state index >= 15 is 0 Å². The van der Waals surface area contributed by atoms with Crippen molar-refractivity contribution in [2.75, 3.05) is 19.7 Å². The molecule has 0 aromatic heterocycles. The summed E-state index contributed by atoms with van der Waals surface area (Å²) in [6.45, 7) is 3.46. The molecule has 1 saturated carbocycles. The molecule has 8 nitrogen and oxygen atoms in total. The quantitative estimate of drug-likeness (QED) is 0.578. The third kappa shape index (κ3) is 5.72. The molecular formula is C22H37N3O5. The van der Waals surface area contributed by atoms with Gasteiger partial charge in [0.2, 0.25) is 0 Å². The number of carboxylic acids is 1. The van der Waals surface area contributed by atoms with Crippen molar-refractivity contribution in [3.05, 3.63) is 0 Å². The zero-order valence-corrected chi connectivity index (χ0v) is 18.2. The van der Waals surface area contributed by atoms with Crippen LogP contribution in [0.2, 0.25) is 0 Å². The Hall–Kier alpha value is -1.67. The van der Waals surface area contributed by atoms with E-state index in [0.29, 0.717) is 44.9 Å². The first kappa shape index (κ1) is 23.0. The Labute approximate surface area is 179 Å². The van der Waals surface area contributed by atoms with E-state index in [4.69, 9.17) is 4.74 Å². The zero-order chi connectivity index (χ0) is 21.5. The zero-order valence-electron chi connectivity index (χ0n) is 18.2. The minimum absolute atomic E-state index is 0.230. The summed E-state index contributed by atoms with van der Waals surface area (Å²) in [5, 5.41) is 16.2. The number of carboxylic acid groups (broad SMARTS) is 1. The van der Waals surface area contributed by atoms with Crippen LogP contribution in [0, 0.1) is 5.92 Å². The molecule has 3 unspecified atom stereocenters.